The van der Waals surface area contributed by atoms with E-state index in [0.29, 0.717) is 0 Å². The molecule has 1 heterocycles. The number of anilines is 1. The second-order valence-corrected chi connectivity index (χ2v) is 5.98. The molecule has 1 aliphatic heterocycles. The van der Waals surface area contributed by atoms with Crippen molar-refractivity contribution >= 4 is 40.8 Å². The highest BCUT2D eigenvalue weighted by Gasteiger charge is 2.28. The first-order valence-corrected chi connectivity index (χ1v) is 7.42. The average molecular weight is 331 g/mol. The summed E-state index contributed by atoms with van der Waals surface area (Å²) in [7, 11) is 0. The van der Waals surface area contributed by atoms with Gasteiger partial charge in [0.25, 0.3) is 0 Å². The fourth-order valence-corrected chi connectivity index (χ4v) is 3.00. The molecule has 0 radical (unpaired) electrons. The largest absolute Gasteiger partial charge is 0.478 e. The van der Waals surface area contributed by atoms with Crippen molar-refractivity contribution in [1.82, 2.24) is 5.32 Å². The van der Waals surface area contributed by atoms with Gasteiger partial charge in [-0.1, -0.05) is 30.1 Å². The van der Waals surface area contributed by atoms with E-state index in [1.54, 1.807) is 0 Å². The molecule has 5 nitrogen and oxygen atoms in total. The molecular formula is C14H16Cl2N2O3. The molecule has 1 amide bonds. The Bertz CT molecular complexity index is 554. The molecule has 2 rings (SSSR count). The molecule has 1 aromatic rings. The predicted molar refractivity (Wildman–Crippen MR) is 82.2 cm³/mol. The number of carboxylic acid groups (broad SMARTS) is 1. The second-order valence-electron chi connectivity index (χ2n) is 5.16. The van der Waals surface area contributed by atoms with E-state index in [2.05, 4.69) is 10.6 Å². The lowest BCUT2D eigenvalue weighted by Crippen LogP contribution is -2.48. The van der Waals surface area contributed by atoms with Crippen LogP contribution in [0, 0.1) is 5.92 Å². The van der Waals surface area contributed by atoms with E-state index in [1.165, 1.54) is 12.1 Å². The van der Waals surface area contributed by atoms with Crippen molar-refractivity contribution in [2.24, 2.45) is 5.92 Å². The molecule has 0 bridgehead atoms. The van der Waals surface area contributed by atoms with E-state index in [9.17, 15) is 9.59 Å². The number of hydrogen-bond acceptors (Lipinski definition) is 3. The highest BCUT2D eigenvalue weighted by molar-refractivity contribution is 6.40. The van der Waals surface area contributed by atoms with E-state index in [4.69, 9.17) is 28.3 Å². The van der Waals surface area contributed by atoms with Crippen LogP contribution in [0.15, 0.2) is 12.1 Å². The zero-order valence-corrected chi connectivity index (χ0v) is 13.0. The van der Waals surface area contributed by atoms with E-state index in [1.807, 2.05) is 6.92 Å². The molecule has 21 heavy (non-hydrogen) atoms. The molecule has 0 spiro atoms. The zero-order chi connectivity index (χ0) is 15.6. The van der Waals surface area contributed by atoms with Crippen LogP contribution in [0.3, 0.4) is 0 Å². The summed E-state index contributed by atoms with van der Waals surface area (Å²) in [5, 5.41) is 15.0. The van der Waals surface area contributed by atoms with Gasteiger partial charge in [0.1, 0.15) is 0 Å². The van der Waals surface area contributed by atoms with Crippen molar-refractivity contribution in [1.29, 1.82) is 0 Å². The van der Waals surface area contributed by atoms with Gasteiger partial charge in [-0.15, -0.1) is 0 Å². The van der Waals surface area contributed by atoms with Crippen molar-refractivity contribution < 1.29 is 14.7 Å². The molecular weight excluding hydrogens is 315 g/mol. The predicted octanol–water partition coefficient (Wildman–Crippen LogP) is 3.02. The number of halogens is 2. The Labute approximate surface area is 132 Å². The van der Waals surface area contributed by atoms with E-state index < -0.39 is 5.97 Å². The summed E-state index contributed by atoms with van der Waals surface area (Å²) in [6, 6.07) is 2.23. The Kier molecular flexibility index (Phi) is 5.08. The molecule has 114 valence electrons. The SMILES string of the molecule is CC1CCCNC1C(=O)Nc1c(Cl)cc(C(=O)O)cc1Cl. The van der Waals surface area contributed by atoms with Crippen LogP contribution < -0.4 is 10.6 Å². The van der Waals surface area contributed by atoms with Gasteiger partial charge in [0, 0.05) is 0 Å². The Morgan fingerprint density at radius 1 is 1.33 bits per heavy atom. The van der Waals surface area contributed by atoms with Crippen molar-refractivity contribution in [3.8, 4) is 0 Å². The monoisotopic (exact) mass is 330 g/mol. The van der Waals surface area contributed by atoms with E-state index in [-0.39, 0.29) is 39.2 Å². The number of carbonyl (C=O) groups excluding carboxylic acids is 1. The lowest BCUT2D eigenvalue weighted by molar-refractivity contribution is -0.119. The number of piperidine rings is 1. The third-order valence-corrected chi connectivity index (χ3v) is 4.19. The van der Waals surface area contributed by atoms with Crippen molar-refractivity contribution in [2.45, 2.75) is 25.8 Å². The quantitative estimate of drug-likeness (QED) is 0.796. The fourth-order valence-electron chi connectivity index (χ4n) is 2.42. The van der Waals surface area contributed by atoms with Gasteiger partial charge < -0.3 is 15.7 Å². The Morgan fingerprint density at radius 3 is 2.48 bits per heavy atom. The molecule has 0 aliphatic carbocycles. The first-order valence-electron chi connectivity index (χ1n) is 6.66. The molecule has 2 unspecified atom stereocenters. The van der Waals surface area contributed by atoms with Crippen LogP contribution in [-0.2, 0) is 4.79 Å². The van der Waals surface area contributed by atoms with Crippen LogP contribution in [0.1, 0.15) is 30.1 Å². The lowest BCUT2D eigenvalue weighted by atomic mass is 9.92. The third-order valence-electron chi connectivity index (χ3n) is 3.59. The van der Waals surface area contributed by atoms with Crippen LogP contribution >= 0.6 is 23.2 Å². The lowest BCUT2D eigenvalue weighted by Gasteiger charge is -2.29. The Hall–Kier alpha value is -1.30. The molecule has 7 heteroatoms. The van der Waals surface area contributed by atoms with E-state index >= 15 is 0 Å². The summed E-state index contributed by atoms with van der Waals surface area (Å²) in [6.45, 7) is 2.80. The number of benzene rings is 1. The summed E-state index contributed by atoms with van der Waals surface area (Å²) in [6.07, 6.45) is 2.02. The van der Waals surface area contributed by atoms with Crippen LogP contribution in [0.25, 0.3) is 0 Å². The normalized spacial score (nSPS) is 21.9. The molecule has 0 saturated carbocycles. The minimum absolute atomic E-state index is 0.0211. The molecule has 0 aromatic heterocycles. The summed E-state index contributed by atoms with van der Waals surface area (Å²) < 4.78 is 0. The number of carbonyl (C=O) groups is 2. The summed E-state index contributed by atoms with van der Waals surface area (Å²) in [4.78, 5) is 23.2. The molecule has 1 aliphatic rings. The first kappa shape index (κ1) is 16.1. The maximum Gasteiger partial charge on any atom is 0.335 e. The maximum atomic E-state index is 12.3. The number of rotatable bonds is 3. The third kappa shape index (κ3) is 3.67. The van der Waals surface area contributed by atoms with Gasteiger partial charge >= 0.3 is 5.97 Å². The van der Waals surface area contributed by atoms with Crippen LogP contribution in [0.5, 0.6) is 0 Å². The van der Waals surface area contributed by atoms with Gasteiger partial charge in [0.05, 0.1) is 27.3 Å². The van der Waals surface area contributed by atoms with Crippen molar-refractivity contribution in [3.63, 3.8) is 0 Å². The summed E-state index contributed by atoms with van der Waals surface area (Å²) in [5.41, 5.74) is 0.222. The number of amides is 1. The Balaban J connectivity index is 2.19. The van der Waals surface area contributed by atoms with Crippen LogP contribution in [-0.4, -0.2) is 29.6 Å². The Morgan fingerprint density at radius 2 is 1.95 bits per heavy atom. The van der Waals surface area contributed by atoms with Gasteiger partial charge in [-0.2, -0.15) is 0 Å². The molecule has 1 saturated heterocycles. The molecule has 1 fully saturated rings. The zero-order valence-electron chi connectivity index (χ0n) is 11.5. The summed E-state index contributed by atoms with van der Waals surface area (Å²) in [5.74, 6) is -1.12. The van der Waals surface area contributed by atoms with Gasteiger partial charge in [-0.3, -0.25) is 4.79 Å². The van der Waals surface area contributed by atoms with Crippen molar-refractivity contribution in [2.75, 3.05) is 11.9 Å². The topological polar surface area (TPSA) is 78.4 Å². The fraction of sp³-hybridized carbons (Fsp3) is 0.429. The standard InChI is InChI=1S/C14H16Cl2N2O3/c1-7-3-2-4-17-11(7)13(19)18-12-9(15)5-8(14(20)21)6-10(12)16/h5-7,11,17H,2-4H2,1H3,(H,18,19)(H,20,21). The minimum atomic E-state index is -1.13. The number of hydrogen-bond donors (Lipinski definition) is 3. The minimum Gasteiger partial charge on any atom is -0.478 e. The molecule has 1 aromatic carbocycles. The smallest absolute Gasteiger partial charge is 0.335 e. The number of carboxylic acids is 1. The average Bonchev–Trinajstić information content (AvgIpc) is 2.42. The van der Waals surface area contributed by atoms with Crippen molar-refractivity contribution in [3.05, 3.63) is 27.7 Å². The first-order chi connectivity index (χ1) is 9.90. The highest BCUT2D eigenvalue weighted by atomic mass is 35.5. The number of nitrogens with one attached hydrogen (secondary N) is 2. The van der Waals surface area contributed by atoms with E-state index in [0.717, 1.165) is 19.4 Å². The van der Waals surface area contributed by atoms with Crippen LogP contribution in [0.4, 0.5) is 5.69 Å². The van der Waals surface area contributed by atoms with Gasteiger partial charge in [-0.25, -0.2) is 4.79 Å². The molecule has 2 atom stereocenters. The van der Waals surface area contributed by atoms with Gasteiger partial charge in [0.2, 0.25) is 5.91 Å². The maximum absolute atomic E-state index is 12.3. The summed E-state index contributed by atoms with van der Waals surface area (Å²) >= 11 is 12.0. The second kappa shape index (κ2) is 6.64. The van der Waals surface area contributed by atoms with Crippen LogP contribution in [0.2, 0.25) is 10.0 Å². The molecule has 3 N–H and O–H groups in total. The van der Waals surface area contributed by atoms with Gasteiger partial charge in [0.15, 0.2) is 0 Å². The number of aromatic carboxylic acids is 1. The highest BCUT2D eigenvalue weighted by Crippen LogP contribution is 2.32. The van der Waals surface area contributed by atoms with Gasteiger partial charge in [-0.05, 0) is 37.4 Å².